The van der Waals surface area contributed by atoms with Crippen molar-refractivity contribution in [3.63, 3.8) is 0 Å². The number of hydrogen-bond acceptors (Lipinski definition) is 7. The van der Waals surface area contributed by atoms with E-state index in [-0.39, 0.29) is 22.4 Å². The summed E-state index contributed by atoms with van der Waals surface area (Å²) in [5.74, 6) is 0.0283. The highest BCUT2D eigenvalue weighted by atomic mass is 35.5. The van der Waals surface area contributed by atoms with Crippen molar-refractivity contribution < 1.29 is 23.8 Å². The van der Waals surface area contributed by atoms with E-state index in [1.807, 2.05) is 0 Å². The van der Waals surface area contributed by atoms with Crippen LogP contribution >= 0.6 is 35.0 Å². The maximum Gasteiger partial charge on any atom is 0.343 e. The summed E-state index contributed by atoms with van der Waals surface area (Å²) in [5.41, 5.74) is 1.56. The van der Waals surface area contributed by atoms with E-state index in [0.717, 1.165) is 0 Å². The van der Waals surface area contributed by atoms with Gasteiger partial charge < -0.3 is 19.5 Å². The van der Waals surface area contributed by atoms with Gasteiger partial charge in [0.25, 0.3) is 5.91 Å². The number of ether oxygens (including phenoxy) is 3. The summed E-state index contributed by atoms with van der Waals surface area (Å²) in [6, 6.07) is 16.6. The molecule has 0 bridgehead atoms. The molecule has 1 aliphatic heterocycles. The number of nitrogens with one attached hydrogen (secondary N) is 1. The van der Waals surface area contributed by atoms with Crippen molar-refractivity contribution in [1.82, 2.24) is 5.32 Å². The Hall–Kier alpha value is -3.46. The smallest absolute Gasteiger partial charge is 0.343 e. The van der Waals surface area contributed by atoms with Gasteiger partial charge in [-0.1, -0.05) is 23.2 Å². The highest BCUT2D eigenvalue weighted by Crippen LogP contribution is 2.38. The highest BCUT2D eigenvalue weighted by Gasteiger charge is 2.24. The van der Waals surface area contributed by atoms with Crippen LogP contribution in [0.1, 0.15) is 15.9 Å². The SMILES string of the molecule is COc1ccc(C(=O)Oc2c(Cl)cc(/C=C3\SC(=Nc4ccc(Cl)cc4)NC3=O)cc2OC)cc1. The summed E-state index contributed by atoms with van der Waals surface area (Å²) >= 11 is 13.5. The van der Waals surface area contributed by atoms with Gasteiger partial charge in [-0.25, -0.2) is 9.79 Å². The molecule has 0 spiro atoms. The molecule has 10 heteroatoms. The fourth-order valence-electron chi connectivity index (χ4n) is 3.07. The molecule has 178 valence electrons. The van der Waals surface area contributed by atoms with Crippen LogP contribution in [0.3, 0.4) is 0 Å². The molecule has 0 aliphatic carbocycles. The van der Waals surface area contributed by atoms with Crippen LogP contribution in [0.15, 0.2) is 70.6 Å². The zero-order valence-corrected chi connectivity index (χ0v) is 20.8. The minimum absolute atomic E-state index is 0.0747. The van der Waals surface area contributed by atoms with E-state index in [2.05, 4.69) is 10.3 Å². The first-order valence-corrected chi connectivity index (χ1v) is 11.7. The normalized spacial score (nSPS) is 15.3. The van der Waals surface area contributed by atoms with Crippen molar-refractivity contribution in [3.05, 3.63) is 86.7 Å². The van der Waals surface area contributed by atoms with Gasteiger partial charge in [-0.3, -0.25) is 4.79 Å². The Kier molecular flexibility index (Phi) is 7.65. The molecule has 1 heterocycles. The van der Waals surface area contributed by atoms with Crippen LogP contribution in [0.4, 0.5) is 5.69 Å². The van der Waals surface area contributed by atoms with E-state index in [1.54, 1.807) is 66.7 Å². The number of methoxy groups -OCH3 is 2. The third-order valence-corrected chi connectivity index (χ3v) is 6.22. The quantitative estimate of drug-likeness (QED) is 0.235. The highest BCUT2D eigenvalue weighted by molar-refractivity contribution is 8.18. The lowest BCUT2D eigenvalue weighted by molar-refractivity contribution is -0.115. The zero-order chi connectivity index (χ0) is 24.9. The van der Waals surface area contributed by atoms with Crippen molar-refractivity contribution >= 4 is 63.8 Å². The zero-order valence-electron chi connectivity index (χ0n) is 18.5. The van der Waals surface area contributed by atoms with Crippen LogP contribution in [-0.4, -0.2) is 31.3 Å². The molecule has 35 heavy (non-hydrogen) atoms. The topological polar surface area (TPSA) is 86.2 Å². The first-order chi connectivity index (χ1) is 16.9. The van der Waals surface area contributed by atoms with Crippen LogP contribution in [0.2, 0.25) is 10.0 Å². The average molecular weight is 529 g/mol. The summed E-state index contributed by atoms with van der Waals surface area (Å²) < 4.78 is 16.0. The van der Waals surface area contributed by atoms with Gasteiger partial charge in [0.2, 0.25) is 0 Å². The van der Waals surface area contributed by atoms with Crippen LogP contribution in [0.25, 0.3) is 6.08 Å². The van der Waals surface area contributed by atoms with Gasteiger partial charge in [0.1, 0.15) is 5.75 Å². The third-order valence-electron chi connectivity index (χ3n) is 4.78. The Morgan fingerprint density at radius 2 is 1.71 bits per heavy atom. The van der Waals surface area contributed by atoms with Crippen LogP contribution in [-0.2, 0) is 4.79 Å². The minimum Gasteiger partial charge on any atom is -0.497 e. The van der Waals surface area contributed by atoms with Gasteiger partial charge in [0, 0.05) is 5.02 Å². The molecule has 1 amide bonds. The Bertz CT molecular complexity index is 1340. The number of hydrogen-bond donors (Lipinski definition) is 1. The molecule has 1 saturated heterocycles. The second-order valence-corrected chi connectivity index (χ2v) is 8.98. The van der Waals surface area contributed by atoms with Crippen molar-refractivity contribution in [2.24, 2.45) is 4.99 Å². The van der Waals surface area contributed by atoms with E-state index in [9.17, 15) is 9.59 Å². The number of aliphatic imine (C=N–C) groups is 1. The Labute approximate surface area is 215 Å². The third kappa shape index (κ3) is 5.97. The Morgan fingerprint density at radius 3 is 2.37 bits per heavy atom. The lowest BCUT2D eigenvalue weighted by Gasteiger charge is -2.12. The molecule has 3 aromatic carbocycles. The van der Waals surface area contributed by atoms with Gasteiger partial charge in [0.15, 0.2) is 16.7 Å². The predicted molar refractivity (Wildman–Crippen MR) is 138 cm³/mol. The standard InChI is InChI=1S/C25H18Cl2N2O5S/c1-32-18-9-3-15(4-10-18)24(31)34-22-19(27)11-14(12-20(22)33-2)13-21-23(30)29-25(35-21)28-17-7-5-16(26)6-8-17/h3-13H,1-2H3,(H,28,29,30)/b21-13-. The number of thioether (sulfide) groups is 1. The fraction of sp³-hybridized carbons (Fsp3) is 0.0800. The largest absolute Gasteiger partial charge is 0.497 e. The molecule has 1 N–H and O–H groups in total. The van der Waals surface area contributed by atoms with E-state index >= 15 is 0 Å². The summed E-state index contributed by atoms with van der Waals surface area (Å²) in [4.78, 5) is 29.8. The number of esters is 1. The number of carbonyl (C=O) groups is 2. The fourth-order valence-corrected chi connectivity index (χ4v) is 4.29. The second kappa shape index (κ2) is 10.9. The summed E-state index contributed by atoms with van der Waals surface area (Å²) in [7, 11) is 2.97. The number of nitrogens with zero attached hydrogens (tertiary/aromatic N) is 1. The monoisotopic (exact) mass is 528 g/mol. The number of amidine groups is 1. The van der Waals surface area contributed by atoms with Crippen LogP contribution < -0.4 is 19.5 Å². The molecule has 0 saturated carbocycles. The van der Waals surface area contributed by atoms with Crippen molar-refractivity contribution in [2.45, 2.75) is 0 Å². The van der Waals surface area contributed by atoms with Crippen molar-refractivity contribution in [2.75, 3.05) is 14.2 Å². The molecule has 0 unspecified atom stereocenters. The number of amides is 1. The van der Waals surface area contributed by atoms with Crippen LogP contribution in [0, 0.1) is 0 Å². The summed E-state index contributed by atoms with van der Waals surface area (Å²) in [6.45, 7) is 0. The molecule has 0 atom stereocenters. The molecule has 3 aromatic rings. The molecule has 0 radical (unpaired) electrons. The number of rotatable bonds is 6. The van der Waals surface area contributed by atoms with Crippen molar-refractivity contribution in [1.29, 1.82) is 0 Å². The van der Waals surface area contributed by atoms with E-state index < -0.39 is 5.97 Å². The molecule has 0 aromatic heterocycles. The van der Waals surface area contributed by atoms with Gasteiger partial charge in [-0.05, 0) is 84.1 Å². The Balaban J connectivity index is 1.55. The van der Waals surface area contributed by atoms with Gasteiger partial charge in [-0.2, -0.15) is 0 Å². The maximum atomic E-state index is 12.6. The van der Waals surface area contributed by atoms with Crippen LogP contribution in [0.5, 0.6) is 17.2 Å². The predicted octanol–water partition coefficient (Wildman–Crippen LogP) is 6.12. The van der Waals surface area contributed by atoms with Crippen molar-refractivity contribution in [3.8, 4) is 17.2 Å². The van der Waals surface area contributed by atoms with Gasteiger partial charge >= 0.3 is 5.97 Å². The van der Waals surface area contributed by atoms with E-state index in [1.165, 1.54) is 26.0 Å². The lowest BCUT2D eigenvalue weighted by atomic mass is 10.1. The summed E-state index contributed by atoms with van der Waals surface area (Å²) in [5, 5.41) is 3.91. The molecule has 1 aliphatic rings. The molecule has 7 nitrogen and oxygen atoms in total. The molecule has 1 fully saturated rings. The number of halogens is 2. The first-order valence-electron chi connectivity index (χ1n) is 10.1. The lowest BCUT2D eigenvalue weighted by Crippen LogP contribution is -2.19. The van der Waals surface area contributed by atoms with Gasteiger partial charge in [-0.15, -0.1) is 0 Å². The Morgan fingerprint density at radius 1 is 1.00 bits per heavy atom. The minimum atomic E-state index is -0.604. The van der Waals surface area contributed by atoms with E-state index in [4.69, 9.17) is 37.4 Å². The molecular weight excluding hydrogens is 511 g/mol. The molecule has 4 rings (SSSR count). The van der Waals surface area contributed by atoms with Gasteiger partial charge in [0.05, 0.1) is 35.4 Å². The summed E-state index contributed by atoms with van der Waals surface area (Å²) in [6.07, 6.45) is 1.65. The molecular formula is C25H18Cl2N2O5S. The average Bonchev–Trinajstić information content (AvgIpc) is 3.20. The second-order valence-electron chi connectivity index (χ2n) is 7.11. The number of benzene rings is 3. The van der Waals surface area contributed by atoms with E-state index in [0.29, 0.717) is 37.7 Å². The number of carbonyl (C=O) groups excluding carboxylic acids is 2. The maximum absolute atomic E-state index is 12.6. The first kappa shape index (κ1) is 24.7.